The molecule has 1 heterocycles. The molecular formula is C31H45N3O8S2. The van der Waals surface area contributed by atoms with Gasteiger partial charge in [0.25, 0.3) is 5.91 Å². The van der Waals surface area contributed by atoms with E-state index >= 15 is 0 Å². The van der Waals surface area contributed by atoms with Crippen LogP contribution in [0, 0.1) is 0 Å². The third-order valence-corrected chi connectivity index (χ3v) is 10.1. The number of nitrogens with zero attached hydrogens (tertiary/aromatic N) is 2. The van der Waals surface area contributed by atoms with Crippen molar-refractivity contribution >= 4 is 43.2 Å². The molecule has 1 atom stereocenters. The molecule has 0 spiro atoms. The van der Waals surface area contributed by atoms with E-state index in [2.05, 4.69) is 12.2 Å². The summed E-state index contributed by atoms with van der Waals surface area (Å²) in [4.78, 5) is 27.5. The topological polar surface area (TPSA) is 139 Å². The number of amides is 2. The summed E-state index contributed by atoms with van der Waals surface area (Å²) in [6, 6.07) is 10.5. The van der Waals surface area contributed by atoms with Crippen LogP contribution in [0.1, 0.15) is 76.6 Å². The predicted octanol–water partition coefficient (Wildman–Crippen LogP) is 5.47. The van der Waals surface area contributed by atoms with E-state index in [1.165, 1.54) is 43.4 Å². The van der Waals surface area contributed by atoms with Crippen LogP contribution in [0.2, 0.25) is 0 Å². The van der Waals surface area contributed by atoms with E-state index in [0.717, 1.165) is 36.2 Å². The van der Waals surface area contributed by atoms with Crippen LogP contribution >= 0.6 is 0 Å². The Bertz CT molecular complexity index is 1520. The zero-order chi connectivity index (χ0) is 32.7. The van der Waals surface area contributed by atoms with Crippen LogP contribution < -0.4 is 14.4 Å². The van der Waals surface area contributed by atoms with Crippen LogP contribution in [0.5, 0.6) is 5.75 Å². The molecule has 0 saturated carbocycles. The van der Waals surface area contributed by atoms with Gasteiger partial charge in [0.05, 0.1) is 34.7 Å². The maximum Gasteiger partial charge on any atom is 0.410 e. The fourth-order valence-electron chi connectivity index (χ4n) is 4.68. The second-order valence-corrected chi connectivity index (χ2v) is 16.2. The first-order chi connectivity index (χ1) is 20.5. The van der Waals surface area contributed by atoms with Crippen LogP contribution in [0.3, 0.4) is 0 Å². The van der Waals surface area contributed by atoms with Gasteiger partial charge >= 0.3 is 6.09 Å². The van der Waals surface area contributed by atoms with Gasteiger partial charge in [-0.1, -0.05) is 32.6 Å². The Kier molecular flexibility index (Phi) is 11.7. The maximum atomic E-state index is 13.3. The van der Waals surface area contributed by atoms with Gasteiger partial charge in [-0.15, -0.1) is 0 Å². The normalized spacial score (nSPS) is 15.6. The van der Waals surface area contributed by atoms with E-state index in [4.69, 9.17) is 9.47 Å². The van der Waals surface area contributed by atoms with Crippen molar-refractivity contribution in [2.45, 2.75) is 82.8 Å². The Morgan fingerprint density at radius 1 is 1.00 bits per heavy atom. The Balaban J connectivity index is 1.73. The number of ether oxygens (including phenoxy) is 2. The minimum atomic E-state index is -3.74. The van der Waals surface area contributed by atoms with Gasteiger partial charge in [-0.25, -0.2) is 21.6 Å². The van der Waals surface area contributed by atoms with Crippen molar-refractivity contribution < 1.29 is 35.9 Å². The molecule has 1 N–H and O–H groups in total. The van der Waals surface area contributed by atoms with Gasteiger partial charge in [0.1, 0.15) is 17.5 Å². The second kappa shape index (κ2) is 14.6. The summed E-state index contributed by atoms with van der Waals surface area (Å²) in [5.74, 6) is -0.171. The number of carbonyl (C=O) groups is 2. The van der Waals surface area contributed by atoms with Crippen molar-refractivity contribution in [2.24, 2.45) is 0 Å². The van der Waals surface area contributed by atoms with Gasteiger partial charge in [-0.3, -0.25) is 9.10 Å². The molecule has 1 unspecified atom stereocenters. The van der Waals surface area contributed by atoms with Gasteiger partial charge in [0, 0.05) is 31.8 Å². The van der Waals surface area contributed by atoms with Crippen LogP contribution in [-0.2, 0) is 24.6 Å². The van der Waals surface area contributed by atoms with E-state index in [0.29, 0.717) is 37.4 Å². The Hall–Kier alpha value is -3.32. The highest BCUT2D eigenvalue weighted by molar-refractivity contribution is 7.92. The van der Waals surface area contributed by atoms with Crippen LogP contribution in [0.25, 0.3) is 0 Å². The summed E-state index contributed by atoms with van der Waals surface area (Å²) in [5, 5.41) is 2.73. The number of hydrogen-bond acceptors (Lipinski definition) is 8. The molecule has 13 heteroatoms. The average Bonchev–Trinajstić information content (AvgIpc) is 3.40. The van der Waals surface area contributed by atoms with Gasteiger partial charge in [0.2, 0.25) is 10.0 Å². The Labute approximate surface area is 261 Å². The fraction of sp³-hybridized carbons (Fsp3) is 0.548. The minimum Gasteiger partial charge on any atom is -0.488 e. The van der Waals surface area contributed by atoms with Crippen molar-refractivity contribution in [3.05, 3.63) is 48.0 Å². The fourth-order valence-corrected chi connectivity index (χ4v) is 6.56. The van der Waals surface area contributed by atoms with Gasteiger partial charge in [-0.05, 0) is 63.6 Å². The number of nitrogens with one attached hydrogen (secondary N) is 1. The van der Waals surface area contributed by atoms with Crippen molar-refractivity contribution in [1.29, 1.82) is 0 Å². The van der Waals surface area contributed by atoms with Gasteiger partial charge in [-0.2, -0.15) is 0 Å². The molecule has 244 valence electrons. The zero-order valence-electron chi connectivity index (χ0n) is 26.5. The Morgan fingerprint density at radius 2 is 1.66 bits per heavy atom. The molecule has 1 fully saturated rings. The zero-order valence-corrected chi connectivity index (χ0v) is 28.1. The lowest BCUT2D eigenvalue weighted by Gasteiger charge is -2.24. The first-order valence-corrected chi connectivity index (χ1v) is 18.4. The van der Waals surface area contributed by atoms with Crippen LogP contribution in [0.4, 0.5) is 16.2 Å². The number of hydrogen-bond donors (Lipinski definition) is 1. The summed E-state index contributed by atoms with van der Waals surface area (Å²) >= 11 is 0. The van der Waals surface area contributed by atoms with Crippen molar-refractivity contribution in [3.63, 3.8) is 0 Å². The molecule has 2 amide bonds. The molecule has 0 aromatic heterocycles. The number of rotatable bonds is 13. The van der Waals surface area contributed by atoms with Crippen LogP contribution in [0.15, 0.2) is 47.4 Å². The number of sulfone groups is 1. The van der Waals surface area contributed by atoms with Crippen molar-refractivity contribution in [3.8, 4) is 5.75 Å². The first-order valence-electron chi connectivity index (χ1n) is 14.9. The monoisotopic (exact) mass is 651 g/mol. The number of anilines is 2. The van der Waals surface area contributed by atoms with Crippen molar-refractivity contribution in [1.82, 2.24) is 4.90 Å². The molecule has 1 aliphatic rings. The standard InChI is InChI=1S/C31H45N3O8S2/c1-7-8-9-10-11-20-44(39,40)26-15-12-23(13-16-26)32-29(35)27-17-14-24(21-28(27)33(5)43(6,37)38)41-25-18-19-34(22-25)30(36)42-31(2,3)4/h12-17,21,25H,7-11,18-20,22H2,1-6H3,(H,32,35). The largest absolute Gasteiger partial charge is 0.488 e. The molecule has 0 bridgehead atoms. The number of sulfonamides is 1. The average molecular weight is 652 g/mol. The van der Waals surface area contributed by atoms with Crippen LogP contribution in [-0.4, -0.2) is 77.6 Å². The molecule has 1 saturated heterocycles. The molecule has 0 radical (unpaired) electrons. The molecule has 0 aliphatic carbocycles. The summed E-state index contributed by atoms with van der Waals surface area (Å²) < 4.78 is 62.8. The van der Waals surface area contributed by atoms with E-state index in [9.17, 15) is 26.4 Å². The second-order valence-electron chi connectivity index (χ2n) is 12.1. The summed E-state index contributed by atoms with van der Waals surface area (Å²) in [5.41, 5.74) is -0.0776. The lowest BCUT2D eigenvalue weighted by molar-refractivity contribution is 0.0275. The van der Waals surface area contributed by atoms with E-state index in [-0.39, 0.29) is 28.0 Å². The van der Waals surface area contributed by atoms with Crippen molar-refractivity contribution in [2.75, 3.05) is 41.8 Å². The summed E-state index contributed by atoms with van der Waals surface area (Å²) in [7, 11) is -5.84. The lowest BCUT2D eigenvalue weighted by Crippen LogP contribution is -2.36. The summed E-state index contributed by atoms with van der Waals surface area (Å²) in [6.07, 6.45) is 5.45. The van der Waals surface area contributed by atoms with Gasteiger partial charge < -0.3 is 19.7 Å². The highest BCUT2D eigenvalue weighted by Crippen LogP contribution is 2.30. The number of unbranched alkanes of at least 4 members (excludes halogenated alkanes) is 4. The predicted molar refractivity (Wildman–Crippen MR) is 172 cm³/mol. The molecule has 2 aromatic rings. The quantitative estimate of drug-likeness (QED) is 0.282. The highest BCUT2D eigenvalue weighted by Gasteiger charge is 2.31. The third-order valence-electron chi connectivity index (χ3n) is 7.14. The highest BCUT2D eigenvalue weighted by atomic mass is 32.2. The first kappa shape index (κ1) is 35.2. The molecule has 11 nitrogen and oxygen atoms in total. The molecule has 3 rings (SSSR count). The number of carbonyl (C=O) groups excluding carboxylic acids is 2. The summed E-state index contributed by atoms with van der Waals surface area (Å²) in [6.45, 7) is 8.25. The lowest BCUT2D eigenvalue weighted by atomic mass is 10.1. The maximum absolute atomic E-state index is 13.3. The minimum absolute atomic E-state index is 0.0674. The smallest absolute Gasteiger partial charge is 0.410 e. The van der Waals surface area contributed by atoms with E-state index in [1.807, 2.05) is 0 Å². The SMILES string of the molecule is CCCCCCCS(=O)(=O)c1ccc(NC(=O)c2ccc(OC3CCN(C(=O)OC(C)(C)C)C3)cc2N(C)S(C)(=O)=O)cc1. The molecule has 1 aliphatic heterocycles. The molecule has 44 heavy (non-hydrogen) atoms. The van der Waals surface area contributed by atoms with Gasteiger partial charge in [0.15, 0.2) is 9.84 Å². The van der Waals surface area contributed by atoms with E-state index in [1.54, 1.807) is 31.7 Å². The molecular weight excluding hydrogens is 606 g/mol. The Morgan fingerprint density at radius 3 is 2.27 bits per heavy atom. The third kappa shape index (κ3) is 10.1. The molecule has 2 aromatic carbocycles. The van der Waals surface area contributed by atoms with E-state index < -0.39 is 37.5 Å². The number of benzene rings is 2. The number of likely N-dealkylation sites (tertiary alicyclic amines) is 1.